The Hall–Kier alpha value is -5.49. The molecule has 0 bridgehead atoms. The van der Waals surface area contributed by atoms with Gasteiger partial charge < -0.3 is 31.7 Å². The van der Waals surface area contributed by atoms with Crippen LogP contribution in [-0.4, -0.2) is 121 Å². The van der Waals surface area contributed by atoms with Crippen molar-refractivity contribution in [3.8, 4) is 0 Å². The topological polar surface area (TPSA) is 207 Å². The van der Waals surface area contributed by atoms with Gasteiger partial charge >= 0.3 is 6.03 Å². The third-order valence-corrected chi connectivity index (χ3v) is 12.5. The first-order valence-electron chi connectivity index (χ1n) is 22.0. The number of amides is 5. The molecule has 63 heavy (non-hydrogen) atoms. The maximum atomic E-state index is 12.9. The third-order valence-electron chi connectivity index (χ3n) is 11.0. The molecule has 0 spiro atoms. The van der Waals surface area contributed by atoms with E-state index in [0.717, 1.165) is 60.6 Å². The number of nitrogens with zero attached hydrogens (tertiary/aromatic N) is 6. The molecule has 6 N–H and O–H groups in total. The summed E-state index contributed by atoms with van der Waals surface area (Å²) in [6.07, 6.45) is 12.1. The summed E-state index contributed by atoms with van der Waals surface area (Å²) >= 11 is 1.89. The summed E-state index contributed by atoms with van der Waals surface area (Å²) in [7, 11) is 0. The molecular weight excluding hydrogens is 819 g/mol. The molecular formula is C46H61N11O5S. The number of urea groups is 1. The van der Waals surface area contributed by atoms with Crippen LogP contribution < -0.4 is 26.6 Å². The Labute approximate surface area is 374 Å². The maximum absolute atomic E-state index is 12.9. The molecule has 4 unspecified atom stereocenters. The zero-order valence-corrected chi connectivity index (χ0v) is 36.7. The number of carbonyl (C=O) groups is 4. The zero-order valence-electron chi connectivity index (χ0n) is 35.9. The summed E-state index contributed by atoms with van der Waals surface area (Å²) in [5, 5.41) is 26.5. The second kappa shape index (κ2) is 25.6. The Morgan fingerprint density at radius 1 is 0.667 bits per heavy atom. The average Bonchev–Trinajstić information content (AvgIpc) is 3.85. The van der Waals surface area contributed by atoms with Gasteiger partial charge in [-0.05, 0) is 74.2 Å². The van der Waals surface area contributed by atoms with Gasteiger partial charge in [-0.3, -0.25) is 44.1 Å². The molecule has 0 aliphatic carbocycles. The zero-order chi connectivity index (χ0) is 44.1. The van der Waals surface area contributed by atoms with Crippen molar-refractivity contribution < 1.29 is 24.3 Å². The summed E-state index contributed by atoms with van der Waals surface area (Å²) in [6.45, 7) is 3.97. The van der Waals surface area contributed by atoms with E-state index >= 15 is 0 Å². The molecule has 4 aromatic rings. The number of nitrogens with one attached hydrogen (secondary N) is 5. The smallest absolute Gasteiger partial charge is 0.315 e. The largest absolute Gasteiger partial charge is 0.390 e. The van der Waals surface area contributed by atoms with Crippen LogP contribution in [0.1, 0.15) is 84.5 Å². The minimum Gasteiger partial charge on any atom is -0.390 e. The predicted octanol–water partition coefficient (Wildman–Crippen LogP) is 3.58. The van der Waals surface area contributed by atoms with Crippen LogP contribution in [0.15, 0.2) is 91.5 Å². The van der Waals surface area contributed by atoms with Gasteiger partial charge in [0, 0.05) is 108 Å². The van der Waals surface area contributed by atoms with E-state index in [0.29, 0.717) is 82.4 Å². The van der Waals surface area contributed by atoms with Crippen molar-refractivity contribution in [2.45, 2.75) is 101 Å². The Morgan fingerprint density at radius 3 is 1.78 bits per heavy atom. The Kier molecular flexibility index (Phi) is 19.1. The van der Waals surface area contributed by atoms with Crippen molar-refractivity contribution >= 4 is 35.5 Å². The molecule has 6 heterocycles. The number of aliphatic hydroxyl groups is 1. The Morgan fingerprint density at radius 2 is 1.22 bits per heavy atom. The minimum absolute atomic E-state index is 0.0538. The summed E-state index contributed by atoms with van der Waals surface area (Å²) in [5.41, 5.74) is 3.83. The molecule has 0 saturated carbocycles. The second-order valence-corrected chi connectivity index (χ2v) is 17.4. The minimum atomic E-state index is -0.703. The van der Waals surface area contributed by atoms with E-state index in [9.17, 15) is 24.3 Å². The number of aliphatic hydroxyl groups excluding tert-OH is 1. The summed E-state index contributed by atoms with van der Waals surface area (Å²) < 4.78 is 0. The van der Waals surface area contributed by atoms with Crippen molar-refractivity contribution in [3.05, 3.63) is 120 Å². The number of hydrogen-bond acceptors (Lipinski definition) is 12. The maximum Gasteiger partial charge on any atom is 0.315 e. The SMILES string of the molecule is O=C(CCCCC1SCC2NC(=O)NC21)NCCCCCC(=O)NCCNC(=O)c1ccc(CN(Cc2ccccn2)CC(O)CN(Cc2ccccn2)Cc2ccccn2)nc1. The quantitative estimate of drug-likeness (QED) is 0.0376. The van der Waals surface area contributed by atoms with Crippen LogP contribution in [-0.2, 0) is 35.8 Å². The van der Waals surface area contributed by atoms with Gasteiger partial charge in [-0.25, -0.2) is 4.79 Å². The van der Waals surface area contributed by atoms with Crippen LogP contribution in [0.4, 0.5) is 4.79 Å². The first-order valence-corrected chi connectivity index (χ1v) is 23.1. The van der Waals surface area contributed by atoms with Crippen LogP contribution in [0.3, 0.4) is 0 Å². The van der Waals surface area contributed by atoms with Gasteiger partial charge in [0.05, 0.1) is 46.5 Å². The van der Waals surface area contributed by atoms with Crippen molar-refractivity contribution in [2.24, 2.45) is 0 Å². The average molecular weight is 880 g/mol. The Balaban J connectivity index is 0.848. The summed E-state index contributed by atoms with van der Waals surface area (Å²) in [5.74, 6) is 0.639. The highest BCUT2D eigenvalue weighted by Gasteiger charge is 2.42. The van der Waals surface area contributed by atoms with Crippen molar-refractivity contribution in [3.63, 3.8) is 0 Å². The van der Waals surface area contributed by atoms with Crippen LogP contribution in [0, 0.1) is 0 Å². The lowest BCUT2D eigenvalue weighted by atomic mass is 10.0. The molecule has 2 aliphatic rings. The van der Waals surface area contributed by atoms with Crippen LogP contribution in [0.5, 0.6) is 0 Å². The molecule has 6 rings (SSSR count). The first kappa shape index (κ1) is 47.0. The number of pyridine rings is 4. The van der Waals surface area contributed by atoms with E-state index in [4.69, 9.17) is 0 Å². The number of unbranched alkanes of at least 4 members (excludes halogenated alkanes) is 3. The summed E-state index contributed by atoms with van der Waals surface area (Å²) in [4.78, 5) is 71.4. The number of hydrogen-bond donors (Lipinski definition) is 6. The fraction of sp³-hybridized carbons (Fsp3) is 0.478. The number of rotatable bonds is 27. The normalized spacial score (nSPS) is 17.2. The molecule has 2 fully saturated rings. The molecule has 17 heteroatoms. The van der Waals surface area contributed by atoms with Gasteiger partial charge in [0.15, 0.2) is 0 Å². The van der Waals surface area contributed by atoms with Crippen molar-refractivity contribution in [2.75, 3.05) is 38.5 Å². The molecule has 5 amide bonds. The number of thioether (sulfide) groups is 1. The van der Waals surface area contributed by atoms with E-state index in [-0.39, 0.29) is 42.4 Å². The lowest BCUT2D eigenvalue weighted by Crippen LogP contribution is -2.40. The van der Waals surface area contributed by atoms with E-state index in [2.05, 4.69) is 56.3 Å². The molecule has 2 aliphatic heterocycles. The van der Waals surface area contributed by atoms with Gasteiger partial charge in [0.1, 0.15) is 0 Å². The van der Waals surface area contributed by atoms with E-state index in [1.54, 1.807) is 30.9 Å². The van der Waals surface area contributed by atoms with E-state index < -0.39 is 6.10 Å². The molecule has 16 nitrogen and oxygen atoms in total. The van der Waals surface area contributed by atoms with Gasteiger partial charge in [-0.2, -0.15) is 11.8 Å². The fourth-order valence-corrected chi connectivity index (χ4v) is 9.36. The van der Waals surface area contributed by atoms with Crippen molar-refractivity contribution in [1.82, 2.24) is 56.3 Å². The lowest BCUT2D eigenvalue weighted by Gasteiger charge is -2.29. The van der Waals surface area contributed by atoms with Gasteiger partial charge in [0.25, 0.3) is 5.91 Å². The molecule has 0 aromatic carbocycles. The second-order valence-electron chi connectivity index (χ2n) is 16.1. The van der Waals surface area contributed by atoms with E-state index in [1.807, 2.05) is 72.4 Å². The van der Waals surface area contributed by atoms with Gasteiger partial charge in [-0.15, -0.1) is 0 Å². The number of fused-ring (bicyclic) bond motifs is 1. The highest BCUT2D eigenvalue weighted by Crippen LogP contribution is 2.33. The Bertz CT molecular complexity index is 1960. The van der Waals surface area contributed by atoms with Crippen LogP contribution >= 0.6 is 11.8 Å². The van der Waals surface area contributed by atoms with Crippen molar-refractivity contribution in [1.29, 1.82) is 0 Å². The van der Waals surface area contributed by atoms with Crippen LogP contribution in [0.25, 0.3) is 0 Å². The highest BCUT2D eigenvalue weighted by atomic mass is 32.2. The fourth-order valence-electron chi connectivity index (χ4n) is 7.81. The predicted molar refractivity (Wildman–Crippen MR) is 242 cm³/mol. The molecule has 0 radical (unpaired) electrons. The standard InChI is InChI=1S/C46H61N11O5S/c58-39(31-56(27-35-12-5-9-20-47-35)28-36-13-6-10-21-48-36)32-57(29-37-14-7-11-22-49-37)30-38-19-18-34(26-53-38)45(61)52-25-24-51-43(60)16-2-1-8-23-50-42(59)17-4-3-15-41-44-40(33-63-41)54-46(62)55-44/h5-7,9-14,18-22,26,39-41,44,58H,1-4,8,15-17,23-25,27-33H2,(H,50,59)(H,51,60)(H,52,61)(H2,54,55,62). The number of carbonyl (C=O) groups excluding carboxylic acids is 4. The first-order chi connectivity index (χ1) is 30.8. The van der Waals surface area contributed by atoms with Gasteiger partial charge in [0.2, 0.25) is 11.8 Å². The lowest BCUT2D eigenvalue weighted by molar-refractivity contribution is -0.122. The van der Waals surface area contributed by atoms with E-state index in [1.165, 1.54) is 0 Å². The number of aromatic nitrogens is 4. The molecule has 2 saturated heterocycles. The summed E-state index contributed by atoms with van der Waals surface area (Å²) in [6, 6.07) is 21.3. The highest BCUT2D eigenvalue weighted by molar-refractivity contribution is 8.00. The molecule has 336 valence electrons. The molecule has 4 aromatic heterocycles. The monoisotopic (exact) mass is 879 g/mol. The molecule has 4 atom stereocenters. The third kappa shape index (κ3) is 16.6. The van der Waals surface area contributed by atoms with Gasteiger partial charge in [-0.1, -0.05) is 31.0 Å². The van der Waals surface area contributed by atoms with Crippen LogP contribution in [0.2, 0.25) is 0 Å².